The molecule has 2 N–H and O–H groups in total. The predicted molar refractivity (Wildman–Crippen MR) is 99.0 cm³/mol. The lowest BCUT2D eigenvalue weighted by molar-refractivity contribution is 0.189. The lowest BCUT2D eigenvalue weighted by Gasteiger charge is -2.36. The molecule has 1 aliphatic rings. The third-order valence-electron chi connectivity index (χ3n) is 4.12. The van der Waals surface area contributed by atoms with Crippen LogP contribution in [0.3, 0.4) is 0 Å². The van der Waals surface area contributed by atoms with Gasteiger partial charge in [-0.3, -0.25) is 5.01 Å². The highest BCUT2D eigenvalue weighted by Crippen LogP contribution is 2.49. The highest BCUT2D eigenvalue weighted by atomic mass is 32.2. The molecule has 0 spiro atoms. The molecule has 1 unspecified atom stereocenters. The van der Waals surface area contributed by atoms with Crippen LogP contribution in [-0.2, 0) is 4.87 Å². The van der Waals surface area contributed by atoms with Gasteiger partial charge in [0, 0.05) is 12.1 Å². The molecule has 2 aromatic carbocycles. The molecule has 3 rings (SSSR count). The summed E-state index contributed by atoms with van der Waals surface area (Å²) in [7, 11) is 0. The van der Waals surface area contributed by atoms with Crippen LogP contribution in [0.25, 0.3) is 0 Å². The minimum absolute atomic E-state index is 0.254. The first-order valence-corrected chi connectivity index (χ1v) is 8.87. The summed E-state index contributed by atoms with van der Waals surface area (Å²) in [6.07, 6.45) is 1.74. The average molecular weight is 342 g/mol. The van der Waals surface area contributed by atoms with Gasteiger partial charge >= 0.3 is 0 Å². The molecule has 0 aliphatic carbocycles. The Morgan fingerprint density at radius 2 is 1.96 bits per heavy atom. The maximum absolute atomic E-state index is 13.6. The molecule has 1 radical (unpaired) electrons. The van der Waals surface area contributed by atoms with Crippen molar-refractivity contribution >= 4 is 16.8 Å². The largest absolute Gasteiger partial charge is 0.330 e. The molecule has 0 aromatic heterocycles. The minimum atomic E-state index is -0.343. The molecule has 0 saturated heterocycles. The smallest absolute Gasteiger partial charge is 0.134 e. The van der Waals surface area contributed by atoms with Gasteiger partial charge in [0.2, 0.25) is 0 Å². The molecule has 1 atom stereocenters. The summed E-state index contributed by atoms with van der Waals surface area (Å²) < 4.78 is 13.6. The third kappa shape index (κ3) is 3.19. The van der Waals surface area contributed by atoms with E-state index >= 15 is 0 Å². The summed E-state index contributed by atoms with van der Waals surface area (Å²) in [4.78, 5) is -0.343. The maximum Gasteiger partial charge on any atom is 0.134 e. The van der Waals surface area contributed by atoms with Crippen LogP contribution in [-0.4, -0.2) is 23.1 Å². The second-order valence-corrected chi connectivity index (χ2v) is 6.95. The normalized spacial score (nSPS) is 20.3. The fraction of sp³-hybridized carbons (Fsp3) is 0.263. The summed E-state index contributed by atoms with van der Waals surface area (Å²) in [5, 5.41) is 7.57. The summed E-state index contributed by atoms with van der Waals surface area (Å²) >= 11 is 1.66. The Morgan fingerprint density at radius 1 is 1.17 bits per heavy atom. The van der Waals surface area contributed by atoms with Crippen LogP contribution in [0.1, 0.15) is 24.0 Å². The van der Waals surface area contributed by atoms with Gasteiger partial charge in [0.15, 0.2) is 0 Å². The lowest BCUT2D eigenvalue weighted by atomic mass is 10.0. The molecule has 24 heavy (non-hydrogen) atoms. The average Bonchev–Trinajstić information content (AvgIpc) is 3.01. The quantitative estimate of drug-likeness (QED) is 0.864. The molecule has 5 heteroatoms. The molecule has 0 saturated carbocycles. The first-order valence-electron chi connectivity index (χ1n) is 8.05. The van der Waals surface area contributed by atoms with Gasteiger partial charge in [-0.05, 0) is 44.0 Å². The number of benzene rings is 2. The second-order valence-electron chi connectivity index (χ2n) is 5.68. The van der Waals surface area contributed by atoms with Crippen molar-refractivity contribution in [3.63, 3.8) is 0 Å². The summed E-state index contributed by atoms with van der Waals surface area (Å²) in [6.45, 7) is 5.20. The maximum atomic E-state index is 13.6. The van der Waals surface area contributed by atoms with E-state index in [1.165, 1.54) is 17.7 Å². The van der Waals surface area contributed by atoms with Crippen LogP contribution in [0, 0.1) is 12.7 Å². The lowest BCUT2D eigenvalue weighted by Crippen LogP contribution is -2.37. The van der Waals surface area contributed by atoms with Crippen LogP contribution in [0.5, 0.6) is 0 Å². The van der Waals surface area contributed by atoms with Crippen LogP contribution in [0.15, 0.2) is 59.7 Å². The van der Waals surface area contributed by atoms with Crippen LogP contribution < -0.4 is 5.73 Å². The SMILES string of the molecule is [CH2]CN1N=C(c2cccc(F)c2)SC1(CCCN)c1ccccc1. The number of halogens is 1. The van der Waals surface area contributed by atoms with Gasteiger partial charge in [0.25, 0.3) is 0 Å². The van der Waals surface area contributed by atoms with Crippen LogP contribution in [0.4, 0.5) is 4.39 Å². The van der Waals surface area contributed by atoms with Crippen molar-refractivity contribution in [1.29, 1.82) is 0 Å². The van der Waals surface area contributed by atoms with E-state index < -0.39 is 0 Å². The molecule has 2 aromatic rings. The first-order chi connectivity index (χ1) is 11.7. The number of nitrogens with zero attached hydrogens (tertiary/aromatic N) is 2. The van der Waals surface area contributed by atoms with Crippen molar-refractivity contribution in [3.8, 4) is 0 Å². The zero-order valence-electron chi connectivity index (χ0n) is 13.5. The Bertz CT molecular complexity index is 720. The van der Waals surface area contributed by atoms with Gasteiger partial charge in [-0.2, -0.15) is 5.10 Å². The molecule has 0 fully saturated rings. The highest BCUT2D eigenvalue weighted by Gasteiger charge is 2.44. The van der Waals surface area contributed by atoms with E-state index in [-0.39, 0.29) is 10.7 Å². The van der Waals surface area contributed by atoms with Crippen molar-refractivity contribution in [2.45, 2.75) is 17.7 Å². The summed E-state index contributed by atoms with van der Waals surface area (Å²) in [5.74, 6) is -0.254. The zero-order valence-corrected chi connectivity index (χ0v) is 14.3. The minimum Gasteiger partial charge on any atom is -0.330 e. The molecule has 1 heterocycles. The Labute approximate surface area is 146 Å². The Kier molecular flexibility index (Phi) is 5.21. The number of hydrogen-bond acceptors (Lipinski definition) is 4. The summed E-state index contributed by atoms with van der Waals surface area (Å²) in [6, 6.07) is 16.8. The van der Waals surface area contributed by atoms with Gasteiger partial charge in [-0.1, -0.05) is 54.2 Å². The van der Waals surface area contributed by atoms with Gasteiger partial charge in [-0.25, -0.2) is 4.39 Å². The van der Waals surface area contributed by atoms with Crippen molar-refractivity contribution in [1.82, 2.24) is 5.01 Å². The Hall–Kier alpha value is -1.85. The van der Waals surface area contributed by atoms with Crippen molar-refractivity contribution in [2.75, 3.05) is 13.1 Å². The second kappa shape index (κ2) is 7.36. The predicted octanol–water partition coefficient (Wildman–Crippen LogP) is 3.96. The van der Waals surface area contributed by atoms with Crippen molar-refractivity contribution in [3.05, 3.63) is 78.5 Å². The highest BCUT2D eigenvalue weighted by molar-refractivity contribution is 8.15. The van der Waals surface area contributed by atoms with E-state index in [0.29, 0.717) is 13.1 Å². The number of thioether (sulfide) groups is 1. The standard InChI is InChI=1S/C19H21FN3S/c1-2-23-19(12-7-13-21,16-9-4-3-5-10-16)24-18(22-23)15-8-6-11-17(20)14-15/h3-6,8-11,14H,1-2,7,12-13,21H2. The van der Waals surface area contributed by atoms with Gasteiger partial charge in [0.1, 0.15) is 15.7 Å². The number of rotatable bonds is 6. The third-order valence-corrected chi connectivity index (χ3v) is 5.62. The molecular formula is C19H21FN3S. The fourth-order valence-electron chi connectivity index (χ4n) is 2.96. The van der Waals surface area contributed by atoms with E-state index in [4.69, 9.17) is 10.8 Å². The molecular weight excluding hydrogens is 321 g/mol. The van der Waals surface area contributed by atoms with Gasteiger partial charge in [-0.15, -0.1) is 0 Å². The molecule has 3 nitrogen and oxygen atoms in total. The van der Waals surface area contributed by atoms with Crippen molar-refractivity contribution < 1.29 is 4.39 Å². The van der Waals surface area contributed by atoms with Crippen molar-refractivity contribution in [2.24, 2.45) is 10.8 Å². The van der Waals surface area contributed by atoms with Crippen LogP contribution >= 0.6 is 11.8 Å². The van der Waals surface area contributed by atoms with E-state index in [1.807, 2.05) is 29.3 Å². The number of hydrogen-bond donors (Lipinski definition) is 1. The monoisotopic (exact) mass is 342 g/mol. The molecule has 0 amide bonds. The first kappa shape index (κ1) is 17.0. The molecule has 1 aliphatic heterocycles. The zero-order chi connectivity index (χ0) is 17.0. The number of nitrogens with two attached hydrogens (primary N) is 1. The molecule has 125 valence electrons. The fourth-order valence-corrected chi connectivity index (χ4v) is 4.41. The van der Waals surface area contributed by atoms with E-state index in [1.54, 1.807) is 17.8 Å². The van der Waals surface area contributed by atoms with E-state index in [0.717, 1.165) is 23.4 Å². The Balaban J connectivity index is 2.01. The Morgan fingerprint density at radius 3 is 2.62 bits per heavy atom. The van der Waals surface area contributed by atoms with E-state index in [9.17, 15) is 4.39 Å². The van der Waals surface area contributed by atoms with Gasteiger partial charge in [0.05, 0.1) is 0 Å². The molecule has 0 bridgehead atoms. The topological polar surface area (TPSA) is 41.6 Å². The van der Waals surface area contributed by atoms with Crippen LogP contribution in [0.2, 0.25) is 0 Å². The number of hydrazone groups is 1. The van der Waals surface area contributed by atoms with E-state index in [2.05, 4.69) is 19.1 Å². The summed E-state index contributed by atoms with van der Waals surface area (Å²) in [5.41, 5.74) is 7.73. The van der Waals surface area contributed by atoms with Gasteiger partial charge < -0.3 is 5.73 Å².